The van der Waals surface area contributed by atoms with Crippen LogP contribution in [0.25, 0.3) is 0 Å². The van der Waals surface area contributed by atoms with Crippen LogP contribution in [0.15, 0.2) is 12.4 Å². The molecule has 0 radical (unpaired) electrons. The number of carbonyl (C=O) groups is 1. The van der Waals surface area contributed by atoms with Crippen LogP contribution in [0, 0.1) is 6.92 Å². The highest BCUT2D eigenvalue weighted by Gasteiger charge is 2.27. The maximum Gasteiger partial charge on any atom is 0.317 e. The van der Waals surface area contributed by atoms with E-state index in [0.29, 0.717) is 6.54 Å². The van der Waals surface area contributed by atoms with Crippen LogP contribution in [-0.4, -0.2) is 51.3 Å². The van der Waals surface area contributed by atoms with Gasteiger partial charge in [-0.25, -0.2) is 9.78 Å². The fourth-order valence-electron chi connectivity index (χ4n) is 2.64. The Morgan fingerprint density at radius 3 is 3.10 bits per heavy atom. The minimum atomic E-state index is -0.0413. The molecule has 2 N–H and O–H groups in total. The van der Waals surface area contributed by atoms with Crippen LogP contribution >= 0.6 is 0 Å². The molecule has 2 rings (SSSR count). The molecule has 1 aromatic heterocycles. The summed E-state index contributed by atoms with van der Waals surface area (Å²) in [5.41, 5.74) is 0. The molecule has 1 fully saturated rings. The Morgan fingerprint density at radius 2 is 2.40 bits per heavy atom. The average Bonchev–Trinajstić information content (AvgIpc) is 3.07. The number of amides is 2. The highest BCUT2D eigenvalue weighted by atomic mass is 16.3. The van der Waals surface area contributed by atoms with E-state index in [1.807, 2.05) is 13.1 Å². The summed E-state index contributed by atoms with van der Waals surface area (Å²) in [5, 5.41) is 12.1. The van der Waals surface area contributed by atoms with Gasteiger partial charge < -0.3 is 19.9 Å². The number of likely N-dealkylation sites (tertiary alicyclic amines) is 1. The molecule has 6 nitrogen and oxygen atoms in total. The van der Waals surface area contributed by atoms with Gasteiger partial charge in [0.2, 0.25) is 0 Å². The minimum Gasteiger partial charge on any atom is -0.394 e. The van der Waals surface area contributed by atoms with Crippen LogP contribution in [0.4, 0.5) is 4.79 Å². The second kappa shape index (κ2) is 7.28. The Hall–Kier alpha value is -1.56. The number of unbranched alkanes of at least 4 members (excludes halogenated alkanes) is 1. The average molecular weight is 280 g/mol. The van der Waals surface area contributed by atoms with Crippen molar-refractivity contribution in [2.45, 2.75) is 45.2 Å². The molecule has 0 spiro atoms. The molecule has 2 amide bonds. The topological polar surface area (TPSA) is 70.4 Å². The normalized spacial score (nSPS) is 18.5. The minimum absolute atomic E-state index is 0.00333. The quantitative estimate of drug-likeness (QED) is 0.768. The highest BCUT2D eigenvalue weighted by Crippen LogP contribution is 2.16. The molecule has 0 aliphatic carbocycles. The molecule has 1 aliphatic rings. The van der Waals surface area contributed by atoms with Crippen LogP contribution in [0.5, 0.6) is 0 Å². The molecule has 20 heavy (non-hydrogen) atoms. The lowest BCUT2D eigenvalue weighted by atomic mass is 10.2. The van der Waals surface area contributed by atoms with E-state index in [0.717, 1.165) is 44.6 Å². The summed E-state index contributed by atoms with van der Waals surface area (Å²) in [6.45, 7) is 4.43. The number of aliphatic hydroxyl groups excluding tert-OH is 1. The Balaban J connectivity index is 1.61. The van der Waals surface area contributed by atoms with E-state index in [1.54, 1.807) is 11.1 Å². The zero-order valence-corrected chi connectivity index (χ0v) is 12.1. The first-order valence-electron chi connectivity index (χ1n) is 7.35. The first kappa shape index (κ1) is 14.8. The second-order valence-electron chi connectivity index (χ2n) is 5.28. The summed E-state index contributed by atoms with van der Waals surface area (Å²) in [6, 6.07) is -0.0380. The Morgan fingerprint density at radius 1 is 1.55 bits per heavy atom. The number of rotatable bonds is 6. The molecule has 1 aliphatic heterocycles. The standard InChI is InChI=1S/C14H24N4O2/c1-12-15-7-10-17(12)8-3-2-6-16-14(20)18-9-4-5-13(18)11-19/h7,10,13,19H,2-6,8-9,11H2,1H3,(H,16,20)/t13-/m0/s1. The van der Waals surface area contributed by atoms with Crippen LogP contribution in [0.3, 0.4) is 0 Å². The van der Waals surface area contributed by atoms with Crippen molar-refractivity contribution in [3.63, 3.8) is 0 Å². The first-order chi connectivity index (χ1) is 9.72. The predicted molar refractivity (Wildman–Crippen MR) is 76.4 cm³/mol. The summed E-state index contributed by atoms with van der Waals surface area (Å²) in [5.74, 6) is 1.02. The molecule has 1 aromatic rings. The van der Waals surface area contributed by atoms with Crippen molar-refractivity contribution in [1.82, 2.24) is 19.8 Å². The van der Waals surface area contributed by atoms with E-state index in [1.165, 1.54) is 0 Å². The third-order valence-corrected chi connectivity index (χ3v) is 3.87. The van der Waals surface area contributed by atoms with Gasteiger partial charge in [0.25, 0.3) is 0 Å². The Labute approximate surface area is 119 Å². The SMILES string of the molecule is Cc1nccn1CCCCNC(=O)N1CCC[C@H]1CO. The Kier molecular flexibility index (Phi) is 5.40. The number of urea groups is 1. The first-order valence-corrected chi connectivity index (χ1v) is 7.35. The molecule has 6 heteroatoms. The van der Waals surface area contributed by atoms with Crippen LogP contribution in [0.1, 0.15) is 31.5 Å². The summed E-state index contributed by atoms with van der Waals surface area (Å²) >= 11 is 0. The number of nitrogens with one attached hydrogen (secondary N) is 1. The fraction of sp³-hybridized carbons (Fsp3) is 0.714. The molecular weight excluding hydrogens is 256 g/mol. The van der Waals surface area contributed by atoms with Gasteiger partial charge in [-0.05, 0) is 32.6 Å². The van der Waals surface area contributed by atoms with Gasteiger partial charge in [-0.15, -0.1) is 0 Å². The Bertz CT molecular complexity index is 433. The molecule has 2 heterocycles. The van der Waals surface area contributed by atoms with Crippen LogP contribution in [-0.2, 0) is 6.54 Å². The molecule has 1 saturated heterocycles. The van der Waals surface area contributed by atoms with Crippen molar-refractivity contribution in [3.05, 3.63) is 18.2 Å². The summed E-state index contributed by atoms with van der Waals surface area (Å²) < 4.78 is 2.12. The van der Waals surface area contributed by atoms with E-state index in [4.69, 9.17) is 0 Å². The summed E-state index contributed by atoms with van der Waals surface area (Å²) in [7, 11) is 0. The van der Waals surface area contributed by atoms with Gasteiger partial charge >= 0.3 is 6.03 Å². The van der Waals surface area contributed by atoms with E-state index < -0.39 is 0 Å². The number of imidazole rings is 1. The number of hydrogen-bond acceptors (Lipinski definition) is 3. The zero-order chi connectivity index (χ0) is 14.4. The van der Waals surface area contributed by atoms with Crippen LogP contribution in [0.2, 0.25) is 0 Å². The summed E-state index contributed by atoms with van der Waals surface area (Å²) in [4.78, 5) is 17.9. The summed E-state index contributed by atoms with van der Waals surface area (Å²) in [6.07, 6.45) is 7.63. The van der Waals surface area contributed by atoms with Crippen molar-refractivity contribution in [2.24, 2.45) is 0 Å². The smallest absolute Gasteiger partial charge is 0.317 e. The monoisotopic (exact) mass is 280 g/mol. The van der Waals surface area contributed by atoms with Gasteiger partial charge in [-0.2, -0.15) is 0 Å². The van der Waals surface area contributed by atoms with Gasteiger partial charge in [0.05, 0.1) is 12.6 Å². The maximum absolute atomic E-state index is 11.9. The van der Waals surface area contributed by atoms with Crippen molar-refractivity contribution in [2.75, 3.05) is 19.7 Å². The van der Waals surface area contributed by atoms with Gasteiger partial charge in [0.1, 0.15) is 5.82 Å². The number of aliphatic hydroxyl groups is 1. The van der Waals surface area contributed by atoms with Crippen LogP contribution < -0.4 is 5.32 Å². The number of aryl methyl sites for hydroxylation is 2. The third-order valence-electron chi connectivity index (χ3n) is 3.87. The number of nitrogens with zero attached hydrogens (tertiary/aromatic N) is 3. The third kappa shape index (κ3) is 3.72. The van der Waals surface area contributed by atoms with Gasteiger partial charge in [-0.1, -0.05) is 0 Å². The van der Waals surface area contributed by atoms with E-state index in [2.05, 4.69) is 14.9 Å². The number of carbonyl (C=O) groups excluding carboxylic acids is 1. The van der Waals surface area contributed by atoms with Gasteiger partial charge in [0, 0.05) is 32.0 Å². The molecule has 0 aromatic carbocycles. The fourth-order valence-corrected chi connectivity index (χ4v) is 2.64. The van der Waals surface area contributed by atoms with Crippen molar-refractivity contribution >= 4 is 6.03 Å². The molecule has 0 bridgehead atoms. The predicted octanol–water partition coefficient (Wildman–Crippen LogP) is 1.14. The molecule has 1 atom stereocenters. The second-order valence-corrected chi connectivity index (χ2v) is 5.28. The molecular formula is C14H24N4O2. The van der Waals surface area contributed by atoms with Crippen molar-refractivity contribution < 1.29 is 9.90 Å². The van der Waals surface area contributed by atoms with E-state index >= 15 is 0 Å². The maximum atomic E-state index is 11.9. The van der Waals surface area contributed by atoms with Gasteiger partial charge in [-0.3, -0.25) is 0 Å². The molecule has 0 unspecified atom stereocenters. The zero-order valence-electron chi connectivity index (χ0n) is 12.1. The molecule has 0 saturated carbocycles. The number of aromatic nitrogens is 2. The lowest BCUT2D eigenvalue weighted by Gasteiger charge is -2.23. The highest BCUT2D eigenvalue weighted by molar-refractivity contribution is 5.74. The van der Waals surface area contributed by atoms with E-state index in [-0.39, 0.29) is 18.7 Å². The molecule has 112 valence electrons. The van der Waals surface area contributed by atoms with Crippen molar-refractivity contribution in [3.8, 4) is 0 Å². The van der Waals surface area contributed by atoms with Gasteiger partial charge in [0.15, 0.2) is 0 Å². The van der Waals surface area contributed by atoms with Crippen molar-refractivity contribution in [1.29, 1.82) is 0 Å². The largest absolute Gasteiger partial charge is 0.394 e. The van der Waals surface area contributed by atoms with E-state index in [9.17, 15) is 9.90 Å². The number of hydrogen-bond donors (Lipinski definition) is 2. The lowest BCUT2D eigenvalue weighted by molar-refractivity contribution is 0.157. The lowest BCUT2D eigenvalue weighted by Crippen LogP contribution is -2.44.